The molecule has 0 aliphatic carbocycles. The number of benzene rings is 1. The molecule has 3 aromatic rings. The molecule has 3 aliphatic heterocycles. The Morgan fingerprint density at radius 1 is 0.623 bits per heavy atom. The second kappa shape index (κ2) is 30.9. The summed E-state index contributed by atoms with van der Waals surface area (Å²) in [6.45, 7) is 0.880. The van der Waals surface area contributed by atoms with Crippen molar-refractivity contribution >= 4 is 17.9 Å². The average Bonchev–Trinajstić information content (AvgIpc) is 4.10. The van der Waals surface area contributed by atoms with Gasteiger partial charge >= 0.3 is 6.09 Å². The van der Waals surface area contributed by atoms with Crippen molar-refractivity contribution in [2.24, 2.45) is 0 Å². The SMILES string of the molecule is Cc1nc(-c2ccc(OCCCc3cc(C(=O)NCCOCCOCCOC(=O)NCCCCCC(=O)N[C@@H]4O[C@H](CO)[C@@H](O[C@@H]5O[C@H](CO)[C@H](O)[C@H](O[C@H]6O[C@H](CO)[C@H](O)[C@H](O)[C@H]6O)[C@H]5O)[C@H](O)[C@H]4O)no3)cc2)no1. The molecule has 3 fully saturated rings. The molecule has 0 saturated carbocycles. The van der Waals surface area contributed by atoms with Crippen molar-refractivity contribution in [3.63, 3.8) is 0 Å². The molecule has 432 valence electrons. The molecule has 3 saturated heterocycles. The summed E-state index contributed by atoms with van der Waals surface area (Å²) in [6, 6.07) is 8.90. The molecular formula is C47H70N6O24. The lowest BCUT2D eigenvalue weighted by Crippen LogP contribution is -2.67. The summed E-state index contributed by atoms with van der Waals surface area (Å²) < 4.78 is 59.7. The minimum absolute atomic E-state index is 0.0196. The molecule has 0 bridgehead atoms. The second-order valence-electron chi connectivity index (χ2n) is 18.1. The van der Waals surface area contributed by atoms with Crippen LogP contribution in [0.1, 0.15) is 54.2 Å². The molecule has 0 radical (unpaired) electrons. The third-order valence-corrected chi connectivity index (χ3v) is 12.4. The number of carbonyl (C=O) groups is 3. The first kappa shape index (κ1) is 61.1. The number of unbranched alkanes of at least 4 members (excludes halogenated alkanes) is 2. The Labute approximate surface area is 440 Å². The molecule has 1 aromatic carbocycles. The standard InChI is InChI=1S/C47H70N6O24/c1-24-50-42(53-76-24)25-8-10-26(11-9-25)69-14-5-6-27-20-28(52-77-27)43(65)48-13-15-67-16-17-68-18-19-70-47(66)49-12-4-2-3-7-32(57)51-44-37(62)36(61)40(31(23-56)71-44)74-46-39(64)41(34(59)30(22-55)73-46)75-45-38(63)35(60)33(58)29(21-54)72-45/h8-11,20,29-31,33-41,44-46,54-56,58-64H,2-7,12-19,21-23H2,1H3,(H,48,65)(H,49,66)(H,51,57)/t29-,30-,31-,33+,34+,35+,36-,37-,38-,39-,40-,41+,44-,45-,46+/m1/s1. The Bertz CT molecular complexity index is 2220. The van der Waals surface area contributed by atoms with E-state index in [4.69, 9.17) is 51.7 Å². The van der Waals surface area contributed by atoms with Gasteiger partial charge in [0.1, 0.15) is 91.4 Å². The fraction of sp³-hybridized carbons (Fsp3) is 0.702. The summed E-state index contributed by atoms with van der Waals surface area (Å²) in [6.07, 6.45) is -24.2. The highest BCUT2D eigenvalue weighted by atomic mass is 16.7. The Morgan fingerprint density at radius 2 is 1.30 bits per heavy atom. The third kappa shape index (κ3) is 17.7. The number of aliphatic hydroxyl groups excluding tert-OH is 10. The largest absolute Gasteiger partial charge is 0.494 e. The number of hydrogen-bond acceptors (Lipinski definition) is 27. The average molecular weight is 1100 g/mol. The molecule has 0 unspecified atom stereocenters. The highest BCUT2D eigenvalue weighted by molar-refractivity contribution is 5.92. The van der Waals surface area contributed by atoms with Crippen LogP contribution in [-0.4, -0.2) is 249 Å². The zero-order chi connectivity index (χ0) is 55.4. The van der Waals surface area contributed by atoms with Crippen molar-refractivity contribution < 1.29 is 117 Å². The topological polar surface area (TPSA) is 438 Å². The van der Waals surface area contributed by atoms with Gasteiger partial charge < -0.3 is 119 Å². The molecule has 3 aliphatic rings. The molecule has 15 atom stereocenters. The van der Waals surface area contributed by atoms with Crippen LogP contribution in [0, 0.1) is 6.92 Å². The maximum atomic E-state index is 12.8. The quantitative estimate of drug-likeness (QED) is 0.0281. The highest BCUT2D eigenvalue weighted by Gasteiger charge is 2.53. The predicted octanol–water partition coefficient (Wildman–Crippen LogP) is -4.34. The number of ether oxygens (including phenoxy) is 9. The van der Waals surface area contributed by atoms with Gasteiger partial charge in [-0.15, -0.1) is 0 Å². The summed E-state index contributed by atoms with van der Waals surface area (Å²) in [7, 11) is 0. The number of alkyl carbamates (subject to hydrolysis) is 1. The van der Waals surface area contributed by atoms with Gasteiger partial charge in [-0.25, -0.2) is 4.79 Å². The number of aromatic nitrogens is 3. The van der Waals surface area contributed by atoms with Crippen LogP contribution >= 0.6 is 0 Å². The minimum atomic E-state index is -1.98. The van der Waals surface area contributed by atoms with Crippen LogP contribution in [0.5, 0.6) is 5.75 Å². The number of hydrogen-bond donors (Lipinski definition) is 13. The second-order valence-corrected chi connectivity index (χ2v) is 18.1. The van der Waals surface area contributed by atoms with Gasteiger partial charge in [-0.3, -0.25) is 9.59 Å². The number of nitrogens with zero attached hydrogens (tertiary/aromatic N) is 3. The van der Waals surface area contributed by atoms with Gasteiger partial charge in [0, 0.05) is 44.5 Å². The van der Waals surface area contributed by atoms with Crippen LogP contribution in [0.15, 0.2) is 39.4 Å². The summed E-state index contributed by atoms with van der Waals surface area (Å²) in [5, 5.41) is 120. The van der Waals surface area contributed by atoms with E-state index in [1.54, 1.807) is 13.0 Å². The van der Waals surface area contributed by atoms with E-state index in [0.29, 0.717) is 61.9 Å². The Hall–Kier alpha value is -5.10. The molecular weight excluding hydrogens is 1030 g/mol. The number of aryl methyl sites for hydroxylation is 2. The normalized spacial score (nSPS) is 29.4. The van der Waals surface area contributed by atoms with E-state index < -0.39 is 130 Å². The minimum Gasteiger partial charge on any atom is -0.494 e. The number of aliphatic hydroxyl groups is 10. The van der Waals surface area contributed by atoms with Gasteiger partial charge in [-0.05, 0) is 43.5 Å². The van der Waals surface area contributed by atoms with Crippen LogP contribution in [0.25, 0.3) is 11.4 Å². The van der Waals surface area contributed by atoms with Crippen molar-refractivity contribution in [1.29, 1.82) is 0 Å². The molecule has 2 aromatic heterocycles. The van der Waals surface area contributed by atoms with E-state index in [1.807, 2.05) is 24.3 Å². The van der Waals surface area contributed by atoms with Crippen LogP contribution < -0.4 is 20.7 Å². The van der Waals surface area contributed by atoms with Crippen LogP contribution in [0.4, 0.5) is 4.79 Å². The van der Waals surface area contributed by atoms with Crippen LogP contribution in [0.3, 0.4) is 0 Å². The van der Waals surface area contributed by atoms with Crippen molar-refractivity contribution in [2.75, 3.05) is 72.6 Å². The maximum absolute atomic E-state index is 12.8. The lowest BCUT2D eigenvalue weighted by Gasteiger charge is -2.48. The van der Waals surface area contributed by atoms with E-state index in [2.05, 4.69) is 31.2 Å². The van der Waals surface area contributed by atoms with Crippen LogP contribution in [-0.2, 0) is 49.1 Å². The molecule has 77 heavy (non-hydrogen) atoms. The van der Waals surface area contributed by atoms with E-state index in [-0.39, 0.29) is 58.2 Å². The van der Waals surface area contributed by atoms with Crippen molar-refractivity contribution in [3.8, 4) is 17.1 Å². The molecule has 0 spiro atoms. The third-order valence-electron chi connectivity index (χ3n) is 12.4. The van der Waals surface area contributed by atoms with Gasteiger partial charge in [0.05, 0.1) is 52.9 Å². The first-order valence-corrected chi connectivity index (χ1v) is 25.1. The maximum Gasteiger partial charge on any atom is 0.407 e. The molecule has 30 nitrogen and oxygen atoms in total. The van der Waals surface area contributed by atoms with E-state index in [0.717, 1.165) is 5.56 Å². The van der Waals surface area contributed by atoms with Gasteiger partial charge in [-0.1, -0.05) is 16.7 Å². The zero-order valence-electron chi connectivity index (χ0n) is 42.1. The molecule has 13 N–H and O–H groups in total. The zero-order valence-corrected chi connectivity index (χ0v) is 42.1. The van der Waals surface area contributed by atoms with Gasteiger partial charge in [-0.2, -0.15) is 4.98 Å². The lowest BCUT2D eigenvalue weighted by molar-refractivity contribution is -0.374. The summed E-state index contributed by atoms with van der Waals surface area (Å²) >= 11 is 0. The fourth-order valence-electron chi connectivity index (χ4n) is 8.18. The molecule has 30 heteroatoms. The van der Waals surface area contributed by atoms with Crippen molar-refractivity contribution in [1.82, 2.24) is 31.2 Å². The Morgan fingerprint density at radius 3 is 2.00 bits per heavy atom. The number of amides is 3. The van der Waals surface area contributed by atoms with Crippen molar-refractivity contribution in [3.05, 3.63) is 47.7 Å². The molecule has 6 rings (SSSR count). The number of rotatable bonds is 30. The Kier molecular flexibility index (Phi) is 24.5. The number of carbonyl (C=O) groups excluding carboxylic acids is 3. The molecule has 5 heterocycles. The van der Waals surface area contributed by atoms with E-state index in [1.165, 1.54) is 0 Å². The first-order chi connectivity index (χ1) is 37.1. The summed E-state index contributed by atoms with van der Waals surface area (Å²) in [5.74, 6) is 1.23. The van der Waals surface area contributed by atoms with E-state index >= 15 is 0 Å². The van der Waals surface area contributed by atoms with E-state index in [9.17, 15) is 65.4 Å². The molecule has 3 amide bonds. The fourth-order valence-corrected chi connectivity index (χ4v) is 8.18. The number of nitrogens with one attached hydrogen (secondary N) is 3. The van der Waals surface area contributed by atoms with Crippen molar-refractivity contribution in [2.45, 2.75) is 138 Å². The van der Waals surface area contributed by atoms with Gasteiger partial charge in [0.2, 0.25) is 17.6 Å². The summed E-state index contributed by atoms with van der Waals surface area (Å²) in [4.78, 5) is 41.5. The first-order valence-electron chi connectivity index (χ1n) is 25.1. The smallest absolute Gasteiger partial charge is 0.407 e. The monoisotopic (exact) mass is 1100 g/mol. The predicted molar refractivity (Wildman–Crippen MR) is 254 cm³/mol. The van der Waals surface area contributed by atoms with Gasteiger partial charge in [0.15, 0.2) is 24.5 Å². The Balaban J connectivity index is 0.757. The highest BCUT2D eigenvalue weighted by Crippen LogP contribution is 2.32. The van der Waals surface area contributed by atoms with Gasteiger partial charge in [0.25, 0.3) is 5.91 Å². The summed E-state index contributed by atoms with van der Waals surface area (Å²) in [5.41, 5.74) is 0.957. The lowest BCUT2D eigenvalue weighted by atomic mass is 9.95. The van der Waals surface area contributed by atoms with Crippen LogP contribution in [0.2, 0.25) is 0 Å².